The third-order valence-electron chi connectivity index (χ3n) is 6.43. The molecule has 0 aliphatic carbocycles. The van der Waals surface area contributed by atoms with Crippen molar-refractivity contribution in [3.63, 3.8) is 0 Å². The number of hydrogen-bond acceptors (Lipinski definition) is 8. The van der Waals surface area contributed by atoms with Gasteiger partial charge in [0, 0.05) is 11.8 Å². The second kappa shape index (κ2) is 13.7. The number of methoxy groups -OCH3 is 2. The van der Waals surface area contributed by atoms with Crippen LogP contribution in [0.4, 0.5) is 17.1 Å². The van der Waals surface area contributed by atoms with Crippen molar-refractivity contribution in [2.75, 3.05) is 41.7 Å². The van der Waals surface area contributed by atoms with E-state index in [1.54, 1.807) is 48.5 Å². The van der Waals surface area contributed by atoms with Crippen LogP contribution in [0.3, 0.4) is 0 Å². The predicted molar refractivity (Wildman–Crippen MR) is 169 cm³/mol. The Morgan fingerprint density at radius 1 is 0.773 bits per heavy atom. The van der Waals surface area contributed by atoms with E-state index in [0.29, 0.717) is 29.5 Å². The van der Waals surface area contributed by atoms with Crippen LogP contribution in [0.5, 0.6) is 17.2 Å². The molecule has 4 aromatic carbocycles. The lowest BCUT2D eigenvalue weighted by atomic mass is 10.2. The normalized spacial score (nSPS) is 11.4. The molecule has 0 bridgehead atoms. The Hall–Kier alpha value is -4.75. The van der Waals surface area contributed by atoms with Crippen LogP contribution in [0.25, 0.3) is 0 Å². The Bertz CT molecular complexity index is 1810. The minimum Gasteiger partial charge on any atom is -0.497 e. The number of carbonyl (C=O) groups excluding carboxylic acids is 1. The number of carbonyl (C=O) groups is 1. The molecule has 0 atom stereocenters. The smallest absolute Gasteiger partial charge is 0.264 e. The Kier molecular flexibility index (Phi) is 10.0. The maximum absolute atomic E-state index is 13.7. The van der Waals surface area contributed by atoms with E-state index in [9.17, 15) is 21.6 Å². The predicted octanol–water partition coefficient (Wildman–Crippen LogP) is 5.05. The van der Waals surface area contributed by atoms with Crippen LogP contribution in [0, 0.1) is 6.92 Å². The van der Waals surface area contributed by atoms with Crippen LogP contribution in [0.1, 0.15) is 12.5 Å². The van der Waals surface area contributed by atoms with Crippen molar-refractivity contribution in [1.82, 2.24) is 0 Å². The van der Waals surface area contributed by atoms with Gasteiger partial charge in [-0.3, -0.25) is 13.8 Å². The second-order valence-corrected chi connectivity index (χ2v) is 13.0. The van der Waals surface area contributed by atoms with Crippen molar-refractivity contribution < 1.29 is 35.8 Å². The van der Waals surface area contributed by atoms with Gasteiger partial charge in [-0.05, 0) is 86.6 Å². The maximum Gasteiger partial charge on any atom is 0.264 e. The standard InChI is InChI=1S/C31H33N3O8S2/c1-5-42-25-12-17-28(18-13-25)44(38,39)34(24-10-6-22(2)7-11-24)21-31(35)32-23-8-15-27(16-9-23)43(36,37)33-29-20-26(40-3)14-19-30(29)41-4/h6-20,33H,5,21H2,1-4H3,(H,32,35). The Labute approximate surface area is 257 Å². The summed E-state index contributed by atoms with van der Waals surface area (Å²) in [5.74, 6) is 0.631. The van der Waals surface area contributed by atoms with E-state index >= 15 is 0 Å². The topological polar surface area (TPSA) is 140 Å². The number of aryl methyl sites for hydroxylation is 1. The van der Waals surface area contributed by atoms with Gasteiger partial charge in [-0.2, -0.15) is 0 Å². The van der Waals surface area contributed by atoms with Crippen molar-refractivity contribution in [3.05, 3.63) is 96.6 Å². The lowest BCUT2D eigenvalue weighted by Gasteiger charge is -2.24. The van der Waals surface area contributed by atoms with Gasteiger partial charge in [0.15, 0.2) is 0 Å². The highest BCUT2D eigenvalue weighted by molar-refractivity contribution is 7.93. The average Bonchev–Trinajstić information content (AvgIpc) is 3.01. The molecule has 4 rings (SSSR count). The second-order valence-electron chi connectivity index (χ2n) is 9.50. The number of hydrogen-bond donors (Lipinski definition) is 2. The molecule has 0 radical (unpaired) electrons. The summed E-state index contributed by atoms with van der Waals surface area (Å²) in [6.07, 6.45) is 0. The largest absolute Gasteiger partial charge is 0.497 e. The van der Waals surface area contributed by atoms with Crippen molar-refractivity contribution >= 4 is 43.0 Å². The molecule has 44 heavy (non-hydrogen) atoms. The Morgan fingerprint density at radius 3 is 1.98 bits per heavy atom. The SMILES string of the molecule is CCOc1ccc(S(=O)(=O)N(CC(=O)Nc2ccc(S(=O)(=O)Nc3cc(OC)ccc3OC)cc2)c2ccc(C)cc2)cc1. The van der Waals surface area contributed by atoms with E-state index in [1.165, 1.54) is 56.7 Å². The number of sulfonamides is 2. The third kappa shape index (κ3) is 7.60. The van der Waals surface area contributed by atoms with Gasteiger partial charge in [-0.25, -0.2) is 16.8 Å². The molecule has 0 spiro atoms. The summed E-state index contributed by atoms with van der Waals surface area (Å²) in [6.45, 7) is 3.60. The van der Waals surface area contributed by atoms with E-state index < -0.39 is 32.5 Å². The fraction of sp³-hybridized carbons (Fsp3) is 0.194. The van der Waals surface area contributed by atoms with Gasteiger partial charge in [-0.1, -0.05) is 17.7 Å². The molecule has 0 heterocycles. The number of nitrogens with zero attached hydrogens (tertiary/aromatic N) is 1. The van der Waals surface area contributed by atoms with Crippen LogP contribution in [-0.4, -0.2) is 50.1 Å². The van der Waals surface area contributed by atoms with Crippen LogP contribution >= 0.6 is 0 Å². The third-order valence-corrected chi connectivity index (χ3v) is 9.60. The molecule has 0 saturated carbocycles. The molecule has 4 aromatic rings. The number of anilines is 3. The summed E-state index contributed by atoms with van der Waals surface area (Å²) in [5, 5.41) is 2.65. The number of benzene rings is 4. The van der Waals surface area contributed by atoms with Crippen LogP contribution in [0.15, 0.2) is 101 Å². The summed E-state index contributed by atoms with van der Waals surface area (Å²) in [5.41, 5.74) is 1.69. The first-order valence-corrected chi connectivity index (χ1v) is 16.4. The zero-order valence-corrected chi connectivity index (χ0v) is 26.2. The fourth-order valence-corrected chi connectivity index (χ4v) is 6.66. The van der Waals surface area contributed by atoms with E-state index in [1.807, 2.05) is 13.8 Å². The molecular weight excluding hydrogens is 606 g/mol. The van der Waals surface area contributed by atoms with Crippen molar-refractivity contribution in [1.29, 1.82) is 0 Å². The van der Waals surface area contributed by atoms with Crippen LogP contribution in [-0.2, 0) is 24.8 Å². The molecule has 0 unspecified atom stereocenters. The number of ether oxygens (including phenoxy) is 3. The Morgan fingerprint density at radius 2 is 1.39 bits per heavy atom. The van der Waals surface area contributed by atoms with Gasteiger partial charge < -0.3 is 19.5 Å². The summed E-state index contributed by atoms with van der Waals surface area (Å²) >= 11 is 0. The molecule has 0 aromatic heterocycles. The van der Waals surface area contributed by atoms with Gasteiger partial charge in [0.05, 0.1) is 42.0 Å². The number of nitrogens with one attached hydrogen (secondary N) is 2. The van der Waals surface area contributed by atoms with Crippen molar-refractivity contribution in [2.24, 2.45) is 0 Å². The first-order valence-electron chi connectivity index (χ1n) is 13.4. The Balaban J connectivity index is 1.53. The number of rotatable bonds is 13. The molecule has 11 nitrogen and oxygen atoms in total. The summed E-state index contributed by atoms with van der Waals surface area (Å²) in [4.78, 5) is 13.1. The fourth-order valence-electron chi connectivity index (χ4n) is 4.17. The molecule has 1 amide bonds. The van der Waals surface area contributed by atoms with E-state index in [2.05, 4.69) is 10.0 Å². The molecular formula is C31H33N3O8S2. The highest BCUT2D eigenvalue weighted by Gasteiger charge is 2.27. The van der Waals surface area contributed by atoms with Crippen molar-refractivity contribution in [3.8, 4) is 17.2 Å². The van der Waals surface area contributed by atoms with Crippen LogP contribution < -0.4 is 28.6 Å². The van der Waals surface area contributed by atoms with Gasteiger partial charge in [-0.15, -0.1) is 0 Å². The molecule has 13 heteroatoms. The average molecular weight is 640 g/mol. The molecule has 0 aliphatic heterocycles. The summed E-state index contributed by atoms with van der Waals surface area (Å²) in [6, 6.07) is 22.9. The van der Waals surface area contributed by atoms with E-state index in [4.69, 9.17) is 14.2 Å². The first-order chi connectivity index (χ1) is 21.0. The summed E-state index contributed by atoms with van der Waals surface area (Å²) in [7, 11) is -5.29. The zero-order valence-electron chi connectivity index (χ0n) is 24.6. The van der Waals surface area contributed by atoms with Gasteiger partial charge in [0.1, 0.15) is 23.8 Å². The van der Waals surface area contributed by atoms with Gasteiger partial charge in [0.25, 0.3) is 20.0 Å². The highest BCUT2D eigenvalue weighted by atomic mass is 32.2. The quantitative estimate of drug-likeness (QED) is 0.207. The van der Waals surface area contributed by atoms with Gasteiger partial charge in [0.2, 0.25) is 5.91 Å². The molecule has 2 N–H and O–H groups in total. The zero-order chi connectivity index (χ0) is 31.9. The highest BCUT2D eigenvalue weighted by Crippen LogP contribution is 2.31. The molecule has 232 valence electrons. The molecule has 0 aliphatic rings. The lowest BCUT2D eigenvalue weighted by molar-refractivity contribution is -0.114. The minimum absolute atomic E-state index is 0.0101. The maximum atomic E-state index is 13.7. The summed E-state index contributed by atoms with van der Waals surface area (Å²) < 4.78 is 72.8. The monoisotopic (exact) mass is 639 g/mol. The van der Waals surface area contributed by atoms with Crippen LogP contribution in [0.2, 0.25) is 0 Å². The van der Waals surface area contributed by atoms with E-state index in [0.717, 1.165) is 9.87 Å². The van der Waals surface area contributed by atoms with Gasteiger partial charge >= 0.3 is 0 Å². The van der Waals surface area contributed by atoms with Crippen molar-refractivity contribution in [2.45, 2.75) is 23.6 Å². The minimum atomic E-state index is -4.14. The van der Waals surface area contributed by atoms with E-state index in [-0.39, 0.29) is 21.2 Å². The number of amides is 1. The molecule has 0 saturated heterocycles. The lowest BCUT2D eigenvalue weighted by Crippen LogP contribution is -2.38. The first kappa shape index (κ1) is 32.2. The molecule has 0 fully saturated rings.